The maximum Gasteiger partial charge on any atom is 0.0431 e. The Hall–Kier alpha value is 0.170. The Morgan fingerprint density at radius 1 is 1.08 bits per heavy atom. The van der Waals surface area contributed by atoms with Gasteiger partial charge in [-0.05, 0) is 25.8 Å². The highest BCUT2D eigenvalue weighted by Gasteiger charge is 2.07. The smallest absolute Gasteiger partial charge is 0.0431 e. The summed E-state index contributed by atoms with van der Waals surface area (Å²) in [5.41, 5.74) is 0. The van der Waals surface area contributed by atoms with Crippen molar-refractivity contribution in [3.05, 3.63) is 0 Å². The molecule has 0 spiro atoms. The normalized spacial score (nSPS) is 18.2. The van der Waals surface area contributed by atoms with E-state index in [1.54, 1.807) is 0 Å². The number of unbranched alkanes of at least 4 members (excludes halogenated alkanes) is 2. The Kier molecular flexibility index (Phi) is 8.87. The fourth-order valence-electron chi connectivity index (χ4n) is 1.56. The number of aliphatic hydroxyl groups is 1. The largest absolute Gasteiger partial charge is 0.396 e. The molecule has 1 rings (SSSR count). The number of piperazine rings is 1. The highest BCUT2D eigenvalue weighted by Crippen LogP contribution is 1.99. The molecule has 80 valence electrons. The summed E-state index contributed by atoms with van der Waals surface area (Å²) in [4.78, 5) is 2.49. The minimum Gasteiger partial charge on any atom is -0.396 e. The summed E-state index contributed by atoms with van der Waals surface area (Å²) in [5.74, 6) is 0. The molecule has 1 aliphatic rings. The third kappa shape index (κ3) is 6.27. The minimum absolute atomic E-state index is 0. The molecule has 0 aliphatic carbocycles. The van der Waals surface area contributed by atoms with E-state index >= 15 is 0 Å². The average molecular weight is 209 g/mol. The third-order valence-corrected chi connectivity index (χ3v) is 2.34. The molecule has 1 heterocycles. The lowest BCUT2D eigenvalue weighted by Crippen LogP contribution is -2.43. The molecule has 3 nitrogen and oxygen atoms in total. The van der Waals surface area contributed by atoms with Gasteiger partial charge in [0, 0.05) is 32.8 Å². The summed E-state index contributed by atoms with van der Waals surface area (Å²) in [6.07, 6.45) is 3.37. The van der Waals surface area contributed by atoms with Gasteiger partial charge in [-0.1, -0.05) is 0 Å². The molecule has 0 aromatic heterocycles. The summed E-state index contributed by atoms with van der Waals surface area (Å²) in [5, 5.41) is 11.9. The molecule has 0 saturated carbocycles. The van der Waals surface area contributed by atoms with E-state index in [4.69, 9.17) is 5.11 Å². The first kappa shape index (κ1) is 13.2. The fourth-order valence-corrected chi connectivity index (χ4v) is 1.56. The molecule has 4 heteroatoms. The van der Waals surface area contributed by atoms with Crippen LogP contribution in [0.4, 0.5) is 0 Å². The molecule has 0 atom stereocenters. The number of hydrogen-bond acceptors (Lipinski definition) is 3. The van der Waals surface area contributed by atoms with Crippen LogP contribution in [0.5, 0.6) is 0 Å². The SMILES string of the molecule is Cl.OCCCCCN1CCNCC1. The van der Waals surface area contributed by atoms with Gasteiger partial charge in [0.05, 0.1) is 0 Å². The minimum atomic E-state index is 0. The van der Waals surface area contributed by atoms with Gasteiger partial charge in [0.15, 0.2) is 0 Å². The molecule has 0 aromatic carbocycles. The van der Waals surface area contributed by atoms with Crippen molar-refractivity contribution >= 4 is 12.4 Å². The van der Waals surface area contributed by atoms with E-state index in [-0.39, 0.29) is 12.4 Å². The number of nitrogens with zero attached hydrogens (tertiary/aromatic N) is 1. The molecule has 0 unspecified atom stereocenters. The van der Waals surface area contributed by atoms with Crippen LogP contribution in [0.25, 0.3) is 0 Å². The maximum absolute atomic E-state index is 8.58. The zero-order chi connectivity index (χ0) is 8.65. The van der Waals surface area contributed by atoms with Crippen LogP contribution >= 0.6 is 12.4 Å². The fraction of sp³-hybridized carbons (Fsp3) is 1.00. The monoisotopic (exact) mass is 208 g/mol. The number of halogens is 1. The predicted octanol–water partition coefficient (Wildman–Crippen LogP) is 0.476. The first-order valence-corrected chi connectivity index (χ1v) is 4.97. The van der Waals surface area contributed by atoms with Crippen molar-refractivity contribution in [1.82, 2.24) is 10.2 Å². The van der Waals surface area contributed by atoms with E-state index in [9.17, 15) is 0 Å². The van der Waals surface area contributed by atoms with Gasteiger partial charge in [-0.3, -0.25) is 0 Å². The van der Waals surface area contributed by atoms with E-state index in [0.29, 0.717) is 6.61 Å². The van der Waals surface area contributed by atoms with Gasteiger partial charge >= 0.3 is 0 Å². The Bertz CT molecular complexity index is 108. The lowest BCUT2D eigenvalue weighted by Gasteiger charge is -2.26. The van der Waals surface area contributed by atoms with Gasteiger partial charge in [0.2, 0.25) is 0 Å². The van der Waals surface area contributed by atoms with Crippen LogP contribution in [0, 0.1) is 0 Å². The molecule has 0 bridgehead atoms. The molecule has 1 saturated heterocycles. The summed E-state index contributed by atoms with van der Waals surface area (Å²) in [6.45, 7) is 6.22. The highest BCUT2D eigenvalue weighted by molar-refractivity contribution is 5.85. The van der Waals surface area contributed by atoms with Crippen molar-refractivity contribution in [1.29, 1.82) is 0 Å². The quantitative estimate of drug-likeness (QED) is 0.646. The van der Waals surface area contributed by atoms with E-state index in [2.05, 4.69) is 10.2 Å². The molecule has 0 radical (unpaired) electrons. The molecule has 13 heavy (non-hydrogen) atoms. The van der Waals surface area contributed by atoms with Crippen molar-refractivity contribution in [2.45, 2.75) is 19.3 Å². The van der Waals surface area contributed by atoms with E-state index in [1.807, 2.05) is 0 Å². The number of hydrogen-bond donors (Lipinski definition) is 2. The van der Waals surface area contributed by atoms with Crippen LogP contribution in [0.15, 0.2) is 0 Å². The molecule has 1 aliphatic heterocycles. The lowest BCUT2D eigenvalue weighted by molar-refractivity contribution is 0.229. The Balaban J connectivity index is 0.00000144. The first-order chi connectivity index (χ1) is 5.93. The number of rotatable bonds is 5. The van der Waals surface area contributed by atoms with Crippen molar-refractivity contribution in [2.75, 3.05) is 39.3 Å². The molecule has 1 fully saturated rings. The van der Waals surface area contributed by atoms with Gasteiger partial charge in [-0.25, -0.2) is 0 Å². The second-order valence-electron chi connectivity index (χ2n) is 3.38. The van der Waals surface area contributed by atoms with Crippen LogP contribution in [0.2, 0.25) is 0 Å². The second kappa shape index (κ2) is 8.75. The zero-order valence-corrected chi connectivity index (χ0v) is 8.98. The highest BCUT2D eigenvalue weighted by atomic mass is 35.5. The number of aliphatic hydroxyl groups excluding tert-OH is 1. The predicted molar refractivity (Wildman–Crippen MR) is 57.5 cm³/mol. The molecule has 0 amide bonds. The van der Waals surface area contributed by atoms with Crippen LogP contribution in [-0.2, 0) is 0 Å². The van der Waals surface area contributed by atoms with E-state index in [0.717, 1.165) is 19.5 Å². The van der Waals surface area contributed by atoms with Gasteiger partial charge in [0.1, 0.15) is 0 Å². The topological polar surface area (TPSA) is 35.5 Å². The average Bonchev–Trinajstić information content (AvgIpc) is 2.14. The molecule has 0 aromatic rings. The second-order valence-corrected chi connectivity index (χ2v) is 3.38. The van der Waals surface area contributed by atoms with Gasteiger partial charge in [-0.2, -0.15) is 0 Å². The number of nitrogens with one attached hydrogen (secondary N) is 1. The third-order valence-electron chi connectivity index (χ3n) is 2.34. The summed E-state index contributed by atoms with van der Waals surface area (Å²) >= 11 is 0. The zero-order valence-electron chi connectivity index (χ0n) is 8.17. The van der Waals surface area contributed by atoms with Gasteiger partial charge in [-0.15, -0.1) is 12.4 Å². The van der Waals surface area contributed by atoms with Crippen LogP contribution in [-0.4, -0.2) is 49.3 Å². The summed E-state index contributed by atoms with van der Waals surface area (Å²) in [7, 11) is 0. The molecule has 2 N–H and O–H groups in total. The first-order valence-electron chi connectivity index (χ1n) is 4.97. The van der Waals surface area contributed by atoms with Crippen LogP contribution in [0.3, 0.4) is 0 Å². The lowest BCUT2D eigenvalue weighted by atomic mass is 10.2. The van der Waals surface area contributed by atoms with Crippen molar-refractivity contribution in [3.63, 3.8) is 0 Å². The summed E-state index contributed by atoms with van der Waals surface area (Å²) < 4.78 is 0. The Morgan fingerprint density at radius 2 is 1.77 bits per heavy atom. The van der Waals surface area contributed by atoms with Crippen molar-refractivity contribution in [2.24, 2.45) is 0 Å². The molecular formula is C9H21ClN2O. The molecular weight excluding hydrogens is 188 g/mol. The Morgan fingerprint density at radius 3 is 2.38 bits per heavy atom. The van der Waals surface area contributed by atoms with E-state index in [1.165, 1.54) is 32.5 Å². The van der Waals surface area contributed by atoms with Gasteiger partial charge in [0.25, 0.3) is 0 Å². The van der Waals surface area contributed by atoms with Crippen LogP contribution < -0.4 is 5.32 Å². The standard InChI is InChI=1S/C9H20N2O.ClH/c12-9-3-1-2-6-11-7-4-10-5-8-11;/h10,12H,1-9H2;1H. The maximum atomic E-state index is 8.58. The van der Waals surface area contributed by atoms with Crippen molar-refractivity contribution < 1.29 is 5.11 Å². The van der Waals surface area contributed by atoms with E-state index < -0.39 is 0 Å². The van der Waals surface area contributed by atoms with Gasteiger partial charge < -0.3 is 15.3 Å². The Labute approximate surface area is 86.9 Å². The van der Waals surface area contributed by atoms with Crippen LogP contribution in [0.1, 0.15) is 19.3 Å². The summed E-state index contributed by atoms with van der Waals surface area (Å²) in [6, 6.07) is 0. The van der Waals surface area contributed by atoms with Crippen molar-refractivity contribution in [3.8, 4) is 0 Å².